The second-order valence-corrected chi connectivity index (χ2v) is 16.8. The summed E-state index contributed by atoms with van der Waals surface area (Å²) in [4.78, 5) is 9.23. The molecule has 0 aliphatic heterocycles. The Morgan fingerprint density at radius 1 is 0.517 bits per heavy atom. The summed E-state index contributed by atoms with van der Waals surface area (Å²) in [6.45, 7) is 15.2. The van der Waals surface area contributed by atoms with Crippen molar-refractivity contribution >= 4 is 43.5 Å². The molecular formula is C56H46IrN2O-2. The van der Waals surface area contributed by atoms with Gasteiger partial charge in [0, 0.05) is 43.3 Å². The smallest absolute Gasteiger partial charge is 0.128 e. The second-order valence-electron chi connectivity index (χ2n) is 16.8. The molecule has 4 heteroatoms. The summed E-state index contributed by atoms with van der Waals surface area (Å²) in [6, 6.07) is 56.3. The van der Waals surface area contributed by atoms with Crippen LogP contribution in [0.4, 0.5) is 0 Å². The predicted octanol–water partition coefficient (Wildman–Crippen LogP) is 15.2. The van der Waals surface area contributed by atoms with Gasteiger partial charge in [-0.2, -0.15) is 0 Å². The summed E-state index contributed by atoms with van der Waals surface area (Å²) < 4.78 is 6.61. The third-order valence-electron chi connectivity index (χ3n) is 11.4. The second kappa shape index (κ2) is 16.5. The minimum Gasteiger partial charge on any atom is -0.500 e. The van der Waals surface area contributed by atoms with Crippen LogP contribution in [0.5, 0.6) is 0 Å². The largest absolute Gasteiger partial charge is 0.500 e. The van der Waals surface area contributed by atoms with E-state index >= 15 is 0 Å². The van der Waals surface area contributed by atoms with Crippen molar-refractivity contribution in [1.82, 2.24) is 9.97 Å². The normalized spacial score (nSPS) is 11.4. The maximum absolute atomic E-state index is 6.61. The molecule has 0 saturated heterocycles. The van der Waals surface area contributed by atoms with Crippen LogP contribution in [0.2, 0.25) is 0 Å². The number of aromatic nitrogens is 2. The number of fused-ring (bicyclic) bond motifs is 6. The molecule has 0 amide bonds. The molecule has 0 spiro atoms. The minimum absolute atomic E-state index is 0. The van der Waals surface area contributed by atoms with Gasteiger partial charge in [0.2, 0.25) is 0 Å². The molecule has 297 valence electrons. The van der Waals surface area contributed by atoms with E-state index in [0.717, 1.165) is 55.4 Å². The molecule has 1 radical (unpaired) electrons. The molecule has 3 heterocycles. The maximum atomic E-state index is 6.61. The summed E-state index contributed by atoms with van der Waals surface area (Å²) in [5.74, 6) is 0. The molecule has 0 N–H and O–H groups in total. The molecule has 0 unspecified atom stereocenters. The number of hydrogen-bond acceptors (Lipinski definition) is 3. The molecule has 0 saturated carbocycles. The monoisotopic (exact) mass is 955 g/mol. The van der Waals surface area contributed by atoms with Crippen molar-refractivity contribution in [3.63, 3.8) is 0 Å². The van der Waals surface area contributed by atoms with Crippen molar-refractivity contribution in [3.05, 3.63) is 192 Å². The average molecular weight is 955 g/mol. The third-order valence-corrected chi connectivity index (χ3v) is 11.4. The molecule has 0 aliphatic rings. The van der Waals surface area contributed by atoms with Gasteiger partial charge in [-0.25, -0.2) is 0 Å². The Morgan fingerprint density at radius 3 is 1.98 bits per heavy atom. The zero-order valence-corrected chi connectivity index (χ0v) is 37.5. The van der Waals surface area contributed by atoms with Crippen LogP contribution in [0, 0.1) is 39.8 Å². The number of nitrogens with zero attached hydrogens (tertiary/aromatic N) is 2. The van der Waals surface area contributed by atoms with E-state index in [0.29, 0.717) is 0 Å². The van der Waals surface area contributed by atoms with Gasteiger partial charge in [0.15, 0.2) is 0 Å². The molecule has 3 nitrogen and oxygen atoms in total. The van der Waals surface area contributed by atoms with Crippen LogP contribution in [-0.2, 0) is 25.5 Å². The molecule has 0 atom stereocenters. The van der Waals surface area contributed by atoms with Crippen LogP contribution in [-0.4, -0.2) is 9.97 Å². The van der Waals surface area contributed by atoms with Crippen molar-refractivity contribution < 1.29 is 24.5 Å². The first-order valence-corrected chi connectivity index (χ1v) is 20.3. The summed E-state index contributed by atoms with van der Waals surface area (Å²) in [7, 11) is 0. The quantitative estimate of drug-likeness (QED) is 0.165. The van der Waals surface area contributed by atoms with Crippen LogP contribution < -0.4 is 0 Å². The fraction of sp³-hybridized carbons (Fsp3) is 0.143. The first kappa shape index (κ1) is 40.6. The van der Waals surface area contributed by atoms with Gasteiger partial charge in [-0.15, -0.1) is 53.6 Å². The predicted molar refractivity (Wildman–Crippen MR) is 248 cm³/mol. The average Bonchev–Trinajstić information content (AvgIpc) is 3.64. The number of hydrogen-bond donors (Lipinski definition) is 0. The molecular weight excluding hydrogens is 909 g/mol. The molecule has 7 aromatic carbocycles. The van der Waals surface area contributed by atoms with Crippen molar-refractivity contribution in [3.8, 4) is 44.8 Å². The summed E-state index contributed by atoms with van der Waals surface area (Å²) in [5, 5.41) is 6.95. The van der Waals surface area contributed by atoms with Crippen molar-refractivity contribution in [2.75, 3.05) is 0 Å². The zero-order valence-electron chi connectivity index (χ0n) is 35.1. The van der Waals surface area contributed by atoms with E-state index in [2.05, 4.69) is 174 Å². The Morgan fingerprint density at radius 2 is 1.23 bits per heavy atom. The first-order chi connectivity index (χ1) is 28.5. The van der Waals surface area contributed by atoms with E-state index in [9.17, 15) is 0 Å². The number of aryl methyl sites for hydroxylation is 4. The van der Waals surface area contributed by atoms with Crippen LogP contribution in [0.1, 0.15) is 48.6 Å². The SMILES string of the molecule is Cc1c[c-]c(-c2ccc(C)cn2)cc1.Cc1cnc(-c2[c-]ccc3c2oc2c4ccccc4ccc32)cc1-c1cc2ccc(-c3ccc(C(C)(C)C)cc3)cc2cc1C.[Ir]. The van der Waals surface area contributed by atoms with Gasteiger partial charge in [-0.1, -0.05) is 136 Å². The van der Waals surface area contributed by atoms with E-state index in [4.69, 9.17) is 9.40 Å². The van der Waals surface area contributed by atoms with Crippen molar-refractivity contribution in [1.29, 1.82) is 0 Å². The van der Waals surface area contributed by atoms with Gasteiger partial charge >= 0.3 is 0 Å². The number of furan rings is 1. The van der Waals surface area contributed by atoms with Gasteiger partial charge in [-0.3, -0.25) is 0 Å². The van der Waals surface area contributed by atoms with Crippen LogP contribution in [0.15, 0.2) is 156 Å². The molecule has 10 aromatic rings. The topological polar surface area (TPSA) is 38.9 Å². The number of rotatable bonds is 4. The van der Waals surface area contributed by atoms with Gasteiger partial charge in [0.1, 0.15) is 5.58 Å². The first-order valence-electron chi connectivity index (χ1n) is 20.3. The fourth-order valence-electron chi connectivity index (χ4n) is 7.94. The Kier molecular flexibility index (Phi) is 11.1. The molecule has 10 rings (SSSR count). The van der Waals surface area contributed by atoms with Crippen LogP contribution in [0.3, 0.4) is 0 Å². The maximum Gasteiger partial charge on any atom is 0.128 e. The molecule has 3 aromatic heterocycles. The summed E-state index contributed by atoms with van der Waals surface area (Å²) in [5.41, 5.74) is 16.6. The van der Waals surface area contributed by atoms with E-state index in [1.54, 1.807) is 0 Å². The molecule has 0 aliphatic carbocycles. The fourth-order valence-corrected chi connectivity index (χ4v) is 7.94. The van der Waals surface area contributed by atoms with Crippen molar-refractivity contribution in [2.45, 2.75) is 53.9 Å². The van der Waals surface area contributed by atoms with E-state index < -0.39 is 0 Å². The van der Waals surface area contributed by atoms with Gasteiger partial charge in [0.25, 0.3) is 0 Å². The van der Waals surface area contributed by atoms with Gasteiger partial charge in [0.05, 0.1) is 5.58 Å². The van der Waals surface area contributed by atoms with E-state index in [1.165, 1.54) is 60.7 Å². The molecule has 0 bridgehead atoms. The Bertz CT molecular complexity index is 3110. The van der Waals surface area contributed by atoms with Crippen molar-refractivity contribution in [2.24, 2.45) is 0 Å². The van der Waals surface area contributed by atoms with E-state index in [1.807, 2.05) is 43.6 Å². The van der Waals surface area contributed by atoms with Gasteiger partial charge < -0.3 is 14.4 Å². The Labute approximate surface area is 366 Å². The standard InChI is InChI=1S/C43H34NO.C13H12N.Ir/c1-26-21-32-22-30(28-15-18-33(19-16-28)43(3,4)5)13-14-31(32)23-38(26)39-24-40(44-25-27(39)2)37-12-8-11-35-36-20-17-29-9-6-7-10-34(29)41(36)45-42(35)37;1-10-3-6-12(7-4-10)13-8-5-11(2)9-14-13;/h6-11,13-25H,1-5H3;3-6,8-9H,1-2H3;/q2*-1;. The summed E-state index contributed by atoms with van der Waals surface area (Å²) >= 11 is 0. The van der Waals surface area contributed by atoms with Crippen LogP contribution >= 0.6 is 0 Å². The Hall–Kier alpha value is -6.19. The minimum atomic E-state index is 0. The van der Waals surface area contributed by atoms with Gasteiger partial charge in [-0.05, 0) is 110 Å². The third kappa shape index (κ3) is 7.94. The van der Waals surface area contributed by atoms with E-state index in [-0.39, 0.29) is 25.5 Å². The number of benzene rings is 7. The molecule has 60 heavy (non-hydrogen) atoms. The Balaban J connectivity index is 0.000000282. The van der Waals surface area contributed by atoms with Crippen LogP contribution in [0.25, 0.3) is 88.3 Å². The molecule has 0 fully saturated rings. The number of pyridine rings is 2. The summed E-state index contributed by atoms with van der Waals surface area (Å²) in [6.07, 6.45) is 3.85. The zero-order chi connectivity index (χ0) is 40.8.